The molecule has 32 heavy (non-hydrogen) atoms. The molecule has 0 amide bonds. The number of aryl methyl sites for hydroxylation is 1. The molecule has 0 atom stereocenters. The van der Waals surface area contributed by atoms with E-state index < -0.39 is 0 Å². The quantitative estimate of drug-likeness (QED) is 0.195. The van der Waals surface area contributed by atoms with Crippen molar-refractivity contribution >= 4 is 35.6 Å². The van der Waals surface area contributed by atoms with Gasteiger partial charge in [0, 0.05) is 5.69 Å². The van der Waals surface area contributed by atoms with Crippen LogP contribution < -0.4 is 11.1 Å². The Balaban J connectivity index is 0.00000289. The van der Waals surface area contributed by atoms with Crippen molar-refractivity contribution in [2.45, 2.75) is 26.4 Å². The Morgan fingerprint density at radius 1 is 1.00 bits per heavy atom. The molecule has 0 spiro atoms. The molecule has 0 aliphatic rings. The third kappa shape index (κ3) is 6.16. The number of aliphatic imine (C=N–C) groups is 1. The number of nitrogens with two attached hydrogens (primary N) is 1. The summed E-state index contributed by atoms with van der Waals surface area (Å²) in [5.74, 6) is 0.409. The summed E-state index contributed by atoms with van der Waals surface area (Å²) < 4.78 is 1.81. The molecule has 4 rings (SSSR count). The minimum absolute atomic E-state index is 0. The number of halogens is 1. The summed E-state index contributed by atoms with van der Waals surface area (Å²) in [6, 6.07) is 25.0. The molecule has 6 nitrogen and oxygen atoms in total. The summed E-state index contributed by atoms with van der Waals surface area (Å²) in [5, 5.41) is 7.35. The van der Waals surface area contributed by atoms with Crippen LogP contribution in [0.5, 0.6) is 0 Å². The van der Waals surface area contributed by atoms with Crippen LogP contribution in [0.4, 0.5) is 5.69 Å². The molecule has 1 aromatic heterocycles. The van der Waals surface area contributed by atoms with Crippen LogP contribution in [0.1, 0.15) is 23.6 Å². The predicted octanol–water partition coefficient (Wildman–Crippen LogP) is 5.10. The molecule has 3 N–H and O–H groups in total. The maximum absolute atomic E-state index is 6.14. The van der Waals surface area contributed by atoms with E-state index in [1.54, 1.807) is 12.7 Å². The van der Waals surface area contributed by atoms with Gasteiger partial charge in [-0.3, -0.25) is 0 Å². The number of hydrogen-bond donors (Lipinski definition) is 2. The van der Waals surface area contributed by atoms with Crippen LogP contribution in [0.25, 0.3) is 11.1 Å². The van der Waals surface area contributed by atoms with Crippen LogP contribution in [0.15, 0.2) is 90.4 Å². The third-order valence-corrected chi connectivity index (χ3v) is 5.12. The maximum Gasteiger partial charge on any atom is 0.193 e. The van der Waals surface area contributed by atoms with E-state index >= 15 is 0 Å². The second-order valence-electron chi connectivity index (χ2n) is 7.33. The zero-order chi connectivity index (χ0) is 21.5. The Kier molecular flexibility index (Phi) is 8.38. The highest BCUT2D eigenvalue weighted by Gasteiger charge is 2.06. The molecule has 0 aliphatic carbocycles. The molecule has 1 heterocycles. The molecule has 0 saturated carbocycles. The minimum atomic E-state index is 0. The first-order valence-corrected chi connectivity index (χ1v) is 10.4. The van der Waals surface area contributed by atoms with Crippen molar-refractivity contribution in [2.24, 2.45) is 10.7 Å². The van der Waals surface area contributed by atoms with Gasteiger partial charge in [-0.25, -0.2) is 14.7 Å². The lowest BCUT2D eigenvalue weighted by atomic mass is 9.98. The summed E-state index contributed by atoms with van der Waals surface area (Å²) >= 11 is 0. The maximum atomic E-state index is 6.14. The molecule has 4 aromatic rings. The van der Waals surface area contributed by atoms with Gasteiger partial charge in [0.2, 0.25) is 0 Å². The number of rotatable bonds is 7. The van der Waals surface area contributed by atoms with E-state index in [1.165, 1.54) is 11.1 Å². The van der Waals surface area contributed by atoms with Crippen LogP contribution in [-0.4, -0.2) is 20.7 Å². The third-order valence-electron chi connectivity index (χ3n) is 5.12. The Bertz CT molecular complexity index is 1150. The van der Waals surface area contributed by atoms with Crippen molar-refractivity contribution in [1.82, 2.24) is 14.8 Å². The second-order valence-corrected chi connectivity index (χ2v) is 7.33. The SMILES string of the molecule is CCc1cccc(NC(N)=NCc2ccccc2-c2ccc(Cn3cncn3)cc2)c1.I. The van der Waals surface area contributed by atoms with Gasteiger partial charge in [0.05, 0.1) is 13.1 Å². The average Bonchev–Trinajstić information content (AvgIpc) is 3.32. The van der Waals surface area contributed by atoms with E-state index in [1.807, 2.05) is 28.9 Å². The molecular weight excluding hydrogens is 511 g/mol. The van der Waals surface area contributed by atoms with Crippen molar-refractivity contribution in [2.75, 3.05) is 5.32 Å². The molecule has 0 unspecified atom stereocenters. The number of aromatic nitrogens is 3. The molecule has 0 bridgehead atoms. The van der Waals surface area contributed by atoms with E-state index in [2.05, 4.69) is 75.8 Å². The van der Waals surface area contributed by atoms with E-state index in [-0.39, 0.29) is 24.0 Å². The number of anilines is 1. The van der Waals surface area contributed by atoms with E-state index in [4.69, 9.17) is 5.73 Å². The molecule has 0 aliphatic heterocycles. The largest absolute Gasteiger partial charge is 0.370 e. The van der Waals surface area contributed by atoms with Crippen LogP contribution in [-0.2, 0) is 19.5 Å². The Labute approximate surface area is 205 Å². The summed E-state index contributed by atoms with van der Waals surface area (Å²) in [6.45, 7) is 3.34. The summed E-state index contributed by atoms with van der Waals surface area (Å²) in [4.78, 5) is 8.55. The normalized spacial score (nSPS) is 11.1. The van der Waals surface area contributed by atoms with Gasteiger partial charge in [0.1, 0.15) is 12.7 Å². The first-order valence-electron chi connectivity index (χ1n) is 10.4. The number of benzene rings is 3. The summed E-state index contributed by atoms with van der Waals surface area (Å²) in [6.07, 6.45) is 4.25. The minimum Gasteiger partial charge on any atom is -0.370 e. The first-order chi connectivity index (χ1) is 15.2. The molecule has 0 fully saturated rings. The van der Waals surface area contributed by atoms with Gasteiger partial charge in [0.15, 0.2) is 5.96 Å². The number of nitrogens with one attached hydrogen (secondary N) is 1. The summed E-state index contributed by atoms with van der Waals surface area (Å²) in [7, 11) is 0. The highest BCUT2D eigenvalue weighted by molar-refractivity contribution is 14.0. The van der Waals surface area contributed by atoms with Gasteiger partial charge in [0.25, 0.3) is 0 Å². The van der Waals surface area contributed by atoms with Crippen molar-refractivity contribution in [3.05, 3.63) is 102 Å². The first kappa shape index (κ1) is 23.5. The smallest absolute Gasteiger partial charge is 0.193 e. The van der Waals surface area contributed by atoms with E-state index in [0.29, 0.717) is 19.0 Å². The van der Waals surface area contributed by atoms with Crippen molar-refractivity contribution in [3.63, 3.8) is 0 Å². The topological polar surface area (TPSA) is 81.1 Å². The van der Waals surface area contributed by atoms with E-state index in [9.17, 15) is 0 Å². The number of nitrogens with zero attached hydrogens (tertiary/aromatic N) is 4. The molecule has 3 aromatic carbocycles. The highest BCUT2D eigenvalue weighted by atomic mass is 127. The van der Waals surface area contributed by atoms with Gasteiger partial charge in [-0.15, -0.1) is 24.0 Å². The molecule has 164 valence electrons. The Morgan fingerprint density at radius 3 is 2.56 bits per heavy atom. The van der Waals surface area contributed by atoms with Gasteiger partial charge >= 0.3 is 0 Å². The molecular formula is C25H27IN6. The van der Waals surface area contributed by atoms with Gasteiger partial charge in [-0.2, -0.15) is 5.10 Å². The predicted molar refractivity (Wildman–Crippen MR) is 141 cm³/mol. The Hall–Kier alpha value is -3.20. The zero-order valence-electron chi connectivity index (χ0n) is 18.0. The number of hydrogen-bond acceptors (Lipinski definition) is 3. The zero-order valence-corrected chi connectivity index (χ0v) is 20.3. The standard InChI is InChI=1S/C25H26N6.HI/c1-2-19-6-5-8-23(14-19)30-25(26)28-15-22-7-3-4-9-24(22)21-12-10-20(11-13-21)16-31-18-27-17-29-31;/h3-14,17-18H,2,15-16H2,1H3,(H3,26,28,30);1H. The van der Waals surface area contributed by atoms with Crippen molar-refractivity contribution < 1.29 is 0 Å². The van der Waals surface area contributed by atoms with Gasteiger partial charge in [-0.05, 0) is 46.4 Å². The van der Waals surface area contributed by atoms with Crippen LogP contribution in [0, 0.1) is 0 Å². The van der Waals surface area contributed by atoms with E-state index in [0.717, 1.165) is 28.8 Å². The lowest BCUT2D eigenvalue weighted by molar-refractivity contribution is 0.685. The molecule has 0 radical (unpaired) electrons. The van der Waals surface area contributed by atoms with Crippen LogP contribution >= 0.6 is 24.0 Å². The Morgan fingerprint density at radius 2 is 1.81 bits per heavy atom. The van der Waals surface area contributed by atoms with Crippen LogP contribution in [0.2, 0.25) is 0 Å². The van der Waals surface area contributed by atoms with Gasteiger partial charge < -0.3 is 11.1 Å². The van der Waals surface area contributed by atoms with Crippen LogP contribution in [0.3, 0.4) is 0 Å². The fourth-order valence-corrected chi connectivity index (χ4v) is 3.46. The fraction of sp³-hybridized carbons (Fsp3) is 0.160. The highest BCUT2D eigenvalue weighted by Crippen LogP contribution is 2.25. The fourth-order valence-electron chi connectivity index (χ4n) is 3.46. The summed E-state index contributed by atoms with van der Waals surface area (Å²) in [5.41, 5.74) is 13.0. The lowest BCUT2D eigenvalue weighted by Crippen LogP contribution is -2.22. The van der Waals surface area contributed by atoms with Crippen molar-refractivity contribution in [3.8, 4) is 11.1 Å². The second kappa shape index (κ2) is 11.4. The lowest BCUT2D eigenvalue weighted by Gasteiger charge is -2.10. The monoisotopic (exact) mass is 538 g/mol. The molecule has 0 saturated heterocycles. The average molecular weight is 538 g/mol. The van der Waals surface area contributed by atoms with Crippen molar-refractivity contribution in [1.29, 1.82) is 0 Å². The molecule has 7 heteroatoms. The van der Waals surface area contributed by atoms with Gasteiger partial charge in [-0.1, -0.05) is 67.6 Å². The number of guanidine groups is 1.